The van der Waals surface area contributed by atoms with Crippen molar-refractivity contribution in [3.63, 3.8) is 0 Å². The summed E-state index contributed by atoms with van der Waals surface area (Å²) < 4.78 is 0. The van der Waals surface area contributed by atoms with Crippen LogP contribution in [0.5, 0.6) is 0 Å². The molecule has 1 amide bonds. The van der Waals surface area contributed by atoms with Crippen LogP contribution >= 0.6 is 23.4 Å². The molecule has 1 aromatic rings. The molecule has 116 valence electrons. The van der Waals surface area contributed by atoms with Crippen LogP contribution in [-0.4, -0.2) is 17.4 Å². The number of nitrogens with one attached hydrogen (secondary N) is 1. The molecule has 2 rings (SSSR count). The number of nitrogen functional groups attached to an aromatic ring is 1. The number of carbonyl (C=O) groups is 1. The zero-order valence-corrected chi connectivity index (χ0v) is 13.8. The predicted molar refractivity (Wildman–Crippen MR) is 93.0 cm³/mol. The van der Waals surface area contributed by atoms with Gasteiger partial charge in [0.2, 0.25) is 5.91 Å². The summed E-state index contributed by atoms with van der Waals surface area (Å²) in [5.74, 6) is 3.24. The van der Waals surface area contributed by atoms with Gasteiger partial charge in [-0.1, -0.05) is 24.4 Å². The number of carbonyl (C=O) groups excluding carboxylic acids is 1. The van der Waals surface area contributed by atoms with Crippen molar-refractivity contribution in [1.29, 1.82) is 0 Å². The lowest BCUT2D eigenvalue weighted by Gasteiger charge is -2.09. The van der Waals surface area contributed by atoms with Gasteiger partial charge in [0.25, 0.3) is 0 Å². The number of amides is 1. The van der Waals surface area contributed by atoms with Gasteiger partial charge in [-0.15, -0.1) is 0 Å². The number of rotatable bonds is 7. The molecule has 0 atom stereocenters. The van der Waals surface area contributed by atoms with Gasteiger partial charge in [0.05, 0.1) is 11.4 Å². The Kier molecular flexibility index (Phi) is 6.71. The Morgan fingerprint density at radius 2 is 2.14 bits per heavy atom. The Hall–Kier alpha value is -0.870. The average Bonchev–Trinajstić information content (AvgIpc) is 2.95. The number of hydrogen-bond donors (Lipinski definition) is 2. The molecule has 0 bridgehead atoms. The van der Waals surface area contributed by atoms with Gasteiger partial charge in [-0.25, -0.2) is 0 Å². The number of benzene rings is 1. The molecule has 0 saturated heterocycles. The molecule has 3 nitrogen and oxygen atoms in total. The van der Waals surface area contributed by atoms with Crippen LogP contribution in [0.4, 0.5) is 11.4 Å². The van der Waals surface area contributed by atoms with Crippen LogP contribution in [-0.2, 0) is 4.79 Å². The summed E-state index contributed by atoms with van der Waals surface area (Å²) in [5, 5.41) is 3.42. The highest BCUT2D eigenvalue weighted by atomic mass is 35.5. The van der Waals surface area contributed by atoms with Gasteiger partial charge in [0.15, 0.2) is 0 Å². The minimum atomic E-state index is 0.0190. The molecule has 3 N–H and O–H groups in total. The van der Waals surface area contributed by atoms with E-state index >= 15 is 0 Å². The Balaban J connectivity index is 1.60. The number of anilines is 2. The van der Waals surface area contributed by atoms with Crippen LogP contribution in [0.1, 0.15) is 38.5 Å². The van der Waals surface area contributed by atoms with E-state index in [9.17, 15) is 4.79 Å². The van der Waals surface area contributed by atoms with Crippen molar-refractivity contribution in [3.8, 4) is 0 Å². The minimum Gasteiger partial charge on any atom is -0.397 e. The molecule has 0 aliphatic heterocycles. The fraction of sp³-hybridized carbons (Fsp3) is 0.562. The van der Waals surface area contributed by atoms with Gasteiger partial charge in [-0.2, -0.15) is 11.8 Å². The Morgan fingerprint density at radius 3 is 2.86 bits per heavy atom. The second kappa shape index (κ2) is 8.54. The summed E-state index contributed by atoms with van der Waals surface area (Å²) in [4.78, 5) is 11.9. The molecular weight excluding hydrogens is 304 g/mol. The van der Waals surface area contributed by atoms with E-state index in [1.165, 1.54) is 31.4 Å². The van der Waals surface area contributed by atoms with Crippen molar-refractivity contribution in [2.24, 2.45) is 5.92 Å². The molecule has 1 fully saturated rings. The van der Waals surface area contributed by atoms with Crippen LogP contribution in [0.3, 0.4) is 0 Å². The summed E-state index contributed by atoms with van der Waals surface area (Å²) in [6, 6.07) is 5.12. The number of thioether (sulfide) groups is 1. The quantitative estimate of drug-likeness (QED) is 0.570. The third-order valence-electron chi connectivity index (χ3n) is 3.81. The van der Waals surface area contributed by atoms with E-state index in [1.807, 2.05) is 11.8 Å². The molecule has 0 radical (unpaired) electrons. The van der Waals surface area contributed by atoms with Gasteiger partial charge in [0, 0.05) is 11.4 Å². The third kappa shape index (κ3) is 5.79. The van der Waals surface area contributed by atoms with Crippen LogP contribution in [0, 0.1) is 5.92 Å². The zero-order chi connectivity index (χ0) is 15.1. The number of hydrogen-bond acceptors (Lipinski definition) is 3. The Bertz CT molecular complexity index is 475. The summed E-state index contributed by atoms with van der Waals surface area (Å²) in [5.41, 5.74) is 6.96. The topological polar surface area (TPSA) is 55.1 Å². The molecule has 0 heterocycles. The van der Waals surface area contributed by atoms with Crippen molar-refractivity contribution in [2.45, 2.75) is 38.5 Å². The van der Waals surface area contributed by atoms with Gasteiger partial charge in [0.1, 0.15) is 0 Å². The van der Waals surface area contributed by atoms with Gasteiger partial charge >= 0.3 is 0 Å². The molecule has 0 spiro atoms. The molecule has 1 saturated carbocycles. The molecule has 21 heavy (non-hydrogen) atoms. The maximum atomic E-state index is 11.9. The van der Waals surface area contributed by atoms with Crippen LogP contribution in [0.15, 0.2) is 18.2 Å². The molecule has 0 aromatic heterocycles. The fourth-order valence-corrected chi connectivity index (χ4v) is 3.98. The van der Waals surface area contributed by atoms with E-state index in [0.29, 0.717) is 22.8 Å². The van der Waals surface area contributed by atoms with E-state index in [4.69, 9.17) is 17.3 Å². The lowest BCUT2D eigenvalue weighted by atomic mass is 10.1. The summed E-state index contributed by atoms with van der Waals surface area (Å²) in [6.07, 6.45) is 7.04. The zero-order valence-electron chi connectivity index (χ0n) is 12.2. The summed E-state index contributed by atoms with van der Waals surface area (Å²) in [6.45, 7) is 0. The van der Waals surface area contributed by atoms with Crippen molar-refractivity contribution < 1.29 is 4.79 Å². The third-order valence-corrected chi connectivity index (χ3v) is 5.33. The first-order chi connectivity index (χ1) is 10.1. The maximum absolute atomic E-state index is 11.9. The molecular formula is C16H23ClN2OS. The number of halogens is 1. The summed E-state index contributed by atoms with van der Waals surface area (Å²) >= 11 is 7.81. The largest absolute Gasteiger partial charge is 0.397 e. The highest BCUT2D eigenvalue weighted by Gasteiger charge is 2.14. The molecule has 1 aromatic carbocycles. The first-order valence-corrected chi connectivity index (χ1v) is 9.11. The van der Waals surface area contributed by atoms with Gasteiger partial charge in [-0.05, 0) is 54.9 Å². The van der Waals surface area contributed by atoms with Crippen molar-refractivity contribution in [1.82, 2.24) is 0 Å². The van der Waals surface area contributed by atoms with Crippen LogP contribution in [0.25, 0.3) is 0 Å². The molecule has 1 aliphatic carbocycles. The van der Waals surface area contributed by atoms with Crippen molar-refractivity contribution in [2.75, 3.05) is 22.6 Å². The van der Waals surface area contributed by atoms with Gasteiger partial charge in [-0.3, -0.25) is 4.79 Å². The lowest BCUT2D eigenvalue weighted by molar-refractivity contribution is -0.116. The first kappa shape index (κ1) is 16.5. The fourth-order valence-electron chi connectivity index (χ4n) is 2.62. The highest BCUT2D eigenvalue weighted by molar-refractivity contribution is 7.99. The highest BCUT2D eigenvalue weighted by Crippen LogP contribution is 2.28. The van der Waals surface area contributed by atoms with Crippen LogP contribution in [0.2, 0.25) is 5.02 Å². The second-order valence-electron chi connectivity index (χ2n) is 5.61. The summed E-state index contributed by atoms with van der Waals surface area (Å²) in [7, 11) is 0. The molecule has 1 aliphatic rings. The predicted octanol–water partition coefficient (Wildman–Crippen LogP) is 4.56. The first-order valence-electron chi connectivity index (χ1n) is 7.58. The van der Waals surface area contributed by atoms with E-state index < -0.39 is 0 Å². The Labute approximate surface area is 136 Å². The normalized spacial score (nSPS) is 15.3. The average molecular weight is 327 g/mol. The monoisotopic (exact) mass is 326 g/mol. The van der Waals surface area contributed by atoms with E-state index in [2.05, 4.69) is 5.32 Å². The smallest absolute Gasteiger partial charge is 0.224 e. The Morgan fingerprint density at radius 1 is 1.38 bits per heavy atom. The minimum absolute atomic E-state index is 0.0190. The molecule has 5 heteroatoms. The standard InChI is InChI=1S/C16H23ClN2OS/c17-13-7-8-15(14(18)10-13)19-16(20)6-3-9-21-11-12-4-1-2-5-12/h7-8,10,12H,1-6,9,11,18H2,(H,19,20). The van der Waals surface area contributed by atoms with Gasteiger partial charge < -0.3 is 11.1 Å². The van der Waals surface area contributed by atoms with E-state index in [-0.39, 0.29) is 5.91 Å². The molecule has 0 unspecified atom stereocenters. The SMILES string of the molecule is Nc1cc(Cl)ccc1NC(=O)CCCSCC1CCCC1. The second-order valence-corrected chi connectivity index (χ2v) is 7.19. The van der Waals surface area contributed by atoms with Crippen molar-refractivity contribution >= 4 is 40.6 Å². The van der Waals surface area contributed by atoms with E-state index in [1.54, 1.807) is 18.2 Å². The van der Waals surface area contributed by atoms with Crippen LogP contribution < -0.4 is 11.1 Å². The van der Waals surface area contributed by atoms with Crippen molar-refractivity contribution in [3.05, 3.63) is 23.2 Å². The lowest BCUT2D eigenvalue weighted by Crippen LogP contribution is -2.13. The van der Waals surface area contributed by atoms with E-state index in [0.717, 1.165) is 18.1 Å². The number of nitrogens with two attached hydrogens (primary N) is 1. The maximum Gasteiger partial charge on any atom is 0.224 e.